The molecule has 0 spiro atoms. The first-order valence-corrected chi connectivity index (χ1v) is 6.77. The Kier molecular flexibility index (Phi) is 3.73. The number of hydrogen-bond donors (Lipinski definition) is 1. The van der Waals surface area contributed by atoms with Crippen molar-refractivity contribution in [3.8, 4) is 5.75 Å². The number of aromatic nitrogens is 3. The van der Waals surface area contributed by atoms with Gasteiger partial charge in [-0.2, -0.15) is 0 Å². The van der Waals surface area contributed by atoms with Gasteiger partial charge in [-0.05, 0) is 12.1 Å². The molecule has 0 unspecified atom stereocenters. The van der Waals surface area contributed by atoms with E-state index in [4.69, 9.17) is 4.74 Å². The molecule has 2 heterocycles. The highest BCUT2D eigenvalue weighted by Gasteiger charge is 2.35. The van der Waals surface area contributed by atoms with Crippen LogP contribution in [-0.4, -0.2) is 40.3 Å². The Morgan fingerprint density at radius 1 is 1.36 bits per heavy atom. The fourth-order valence-electron chi connectivity index (χ4n) is 2.39. The van der Waals surface area contributed by atoms with Gasteiger partial charge in [0.05, 0.1) is 13.0 Å². The first kappa shape index (κ1) is 14.1. The summed E-state index contributed by atoms with van der Waals surface area (Å²) < 4.78 is 6.52. The number of nitrogens with zero attached hydrogens (tertiary/aromatic N) is 4. The third kappa shape index (κ3) is 2.76. The van der Waals surface area contributed by atoms with Gasteiger partial charge in [0.25, 0.3) is 0 Å². The molecule has 1 aliphatic rings. The van der Waals surface area contributed by atoms with Gasteiger partial charge < -0.3 is 9.64 Å². The lowest BCUT2D eigenvalue weighted by Gasteiger charge is -2.17. The van der Waals surface area contributed by atoms with Crippen LogP contribution in [0.3, 0.4) is 0 Å². The van der Waals surface area contributed by atoms with E-state index in [1.807, 2.05) is 12.1 Å². The number of nitrogens with one attached hydrogen (secondary N) is 1. The van der Waals surface area contributed by atoms with Gasteiger partial charge in [-0.1, -0.05) is 6.07 Å². The maximum Gasteiger partial charge on any atom is 0.244 e. The second-order valence-corrected chi connectivity index (χ2v) is 4.95. The highest BCUT2D eigenvalue weighted by Crippen LogP contribution is 2.28. The van der Waals surface area contributed by atoms with Crippen molar-refractivity contribution in [2.45, 2.75) is 6.42 Å². The van der Waals surface area contributed by atoms with Crippen molar-refractivity contribution in [2.24, 2.45) is 5.92 Å². The normalized spacial score (nSPS) is 17.6. The molecule has 0 aliphatic carbocycles. The average molecular weight is 301 g/mol. The van der Waals surface area contributed by atoms with Gasteiger partial charge in [-0.3, -0.25) is 15.0 Å². The number of ether oxygens (including phenoxy) is 1. The molecule has 0 radical (unpaired) electrons. The maximum atomic E-state index is 12.2. The zero-order chi connectivity index (χ0) is 15.5. The van der Waals surface area contributed by atoms with Gasteiger partial charge in [0.15, 0.2) is 0 Å². The molecule has 1 aromatic carbocycles. The smallest absolute Gasteiger partial charge is 0.244 e. The van der Waals surface area contributed by atoms with E-state index in [1.165, 1.54) is 17.3 Å². The summed E-state index contributed by atoms with van der Waals surface area (Å²) in [6.45, 7) is 0.333. The number of carbonyl (C=O) groups excluding carboxylic acids is 2. The molecule has 1 aliphatic heterocycles. The van der Waals surface area contributed by atoms with Crippen LogP contribution in [0.25, 0.3) is 0 Å². The molecule has 1 N–H and O–H groups in total. The number of anilines is 1. The largest absolute Gasteiger partial charge is 0.497 e. The number of carbonyl (C=O) groups is 2. The Morgan fingerprint density at radius 2 is 2.14 bits per heavy atom. The molecule has 8 nitrogen and oxygen atoms in total. The van der Waals surface area contributed by atoms with Crippen LogP contribution in [0, 0.1) is 5.92 Å². The van der Waals surface area contributed by atoms with Gasteiger partial charge in [-0.15, -0.1) is 10.2 Å². The molecule has 114 valence electrons. The minimum Gasteiger partial charge on any atom is -0.497 e. The molecule has 1 atom stereocenters. The Labute approximate surface area is 126 Å². The Hall–Kier alpha value is -2.90. The third-order valence-electron chi connectivity index (χ3n) is 3.52. The maximum absolute atomic E-state index is 12.2. The quantitative estimate of drug-likeness (QED) is 0.883. The van der Waals surface area contributed by atoms with Crippen LogP contribution < -0.4 is 15.1 Å². The molecule has 22 heavy (non-hydrogen) atoms. The van der Waals surface area contributed by atoms with E-state index in [9.17, 15) is 9.59 Å². The summed E-state index contributed by atoms with van der Waals surface area (Å²) in [4.78, 5) is 25.9. The minimum absolute atomic E-state index is 0.0860. The first-order chi connectivity index (χ1) is 10.7. The van der Waals surface area contributed by atoms with E-state index in [1.54, 1.807) is 24.1 Å². The molecule has 2 amide bonds. The van der Waals surface area contributed by atoms with E-state index >= 15 is 0 Å². The number of rotatable bonds is 4. The summed E-state index contributed by atoms with van der Waals surface area (Å²) in [6.07, 6.45) is 2.94. The zero-order valence-corrected chi connectivity index (χ0v) is 12.0. The molecule has 0 bridgehead atoms. The molecule has 8 heteroatoms. The number of amides is 2. The van der Waals surface area contributed by atoms with Crippen molar-refractivity contribution in [2.75, 3.05) is 24.0 Å². The van der Waals surface area contributed by atoms with Crippen molar-refractivity contribution in [3.05, 3.63) is 36.9 Å². The van der Waals surface area contributed by atoms with Crippen LogP contribution in [0.15, 0.2) is 36.9 Å². The summed E-state index contributed by atoms with van der Waals surface area (Å²) >= 11 is 0. The average Bonchev–Trinajstić information content (AvgIpc) is 3.17. The minimum atomic E-state index is -0.416. The van der Waals surface area contributed by atoms with Crippen LogP contribution in [0.5, 0.6) is 5.75 Å². The lowest BCUT2D eigenvalue weighted by molar-refractivity contribution is -0.123. The molecule has 0 saturated carbocycles. The monoisotopic (exact) mass is 301 g/mol. The summed E-state index contributed by atoms with van der Waals surface area (Å²) in [5.74, 6) is -0.0699. The van der Waals surface area contributed by atoms with Crippen molar-refractivity contribution in [1.29, 1.82) is 0 Å². The highest BCUT2D eigenvalue weighted by molar-refractivity contribution is 6.01. The lowest BCUT2D eigenvalue weighted by Crippen LogP contribution is -2.31. The summed E-state index contributed by atoms with van der Waals surface area (Å²) in [5.41, 5.74) is 3.35. The molecule has 1 saturated heterocycles. The molecule has 1 fully saturated rings. The lowest BCUT2D eigenvalue weighted by atomic mass is 10.1. The molecular weight excluding hydrogens is 286 g/mol. The second-order valence-electron chi connectivity index (χ2n) is 4.95. The van der Waals surface area contributed by atoms with Gasteiger partial charge in [-0.25, -0.2) is 4.68 Å². The highest BCUT2D eigenvalue weighted by atomic mass is 16.5. The van der Waals surface area contributed by atoms with E-state index in [-0.39, 0.29) is 18.2 Å². The van der Waals surface area contributed by atoms with Gasteiger partial charge in [0, 0.05) is 24.7 Å². The standard InChI is InChI=1S/C14H15N5O3/c1-22-12-4-2-3-11(6-12)19-7-10(5-13(19)20)14(21)17-18-8-15-16-9-18/h2-4,6,8-10H,5,7H2,1H3,(H,17,21)/t10-/m1/s1. The molecule has 2 aromatic rings. The zero-order valence-electron chi connectivity index (χ0n) is 12.0. The number of methoxy groups -OCH3 is 1. The van der Waals surface area contributed by atoms with Crippen LogP contribution >= 0.6 is 0 Å². The van der Waals surface area contributed by atoms with Crippen LogP contribution in [0.2, 0.25) is 0 Å². The van der Waals surface area contributed by atoms with Crippen LogP contribution in [0.1, 0.15) is 6.42 Å². The van der Waals surface area contributed by atoms with E-state index in [0.29, 0.717) is 12.3 Å². The molecule has 3 rings (SSSR count). The van der Waals surface area contributed by atoms with Crippen molar-refractivity contribution < 1.29 is 14.3 Å². The summed E-state index contributed by atoms with van der Waals surface area (Å²) in [7, 11) is 1.57. The third-order valence-corrected chi connectivity index (χ3v) is 3.52. The number of benzene rings is 1. The fraction of sp³-hybridized carbons (Fsp3) is 0.286. The van der Waals surface area contributed by atoms with Crippen molar-refractivity contribution in [1.82, 2.24) is 14.9 Å². The SMILES string of the molecule is COc1cccc(N2C[C@H](C(=O)Nn3cnnc3)CC2=O)c1. The first-order valence-electron chi connectivity index (χ1n) is 6.77. The summed E-state index contributed by atoms with van der Waals surface area (Å²) in [6, 6.07) is 7.21. The van der Waals surface area contributed by atoms with E-state index < -0.39 is 5.92 Å². The molecule has 1 aromatic heterocycles. The fourth-order valence-corrected chi connectivity index (χ4v) is 2.39. The Balaban J connectivity index is 1.71. The summed E-state index contributed by atoms with van der Waals surface area (Å²) in [5, 5.41) is 7.21. The van der Waals surface area contributed by atoms with Crippen LogP contribution in [-0.2, 0) is 9.59 Å². The number of hydrogen-bond acceptors (Lipinski definition) is 5. The van der Waals surface area contributed by atoms with Crippen molar-refractivity contribution >= 4 is 17.5 Å². The second kappa shape index (κ2) is 5.84. The van der Waals surface area contributed by atoms with Gasteiger partial charge >= 0.3 is 0 Å². The van der Waals surface area contributed by atoms with Crippen molar-refractivity contribution in [3.63, 3.8) is 0 Å². The topological polar surface area (TPSA) is 89.3 Å². The Morgan fingerprint density at radius 3 is 2.86 bits per heavy atom. The van der Waals surface area contributed by atoms with Gasteiger partial charge in [0.1, 0.15) is 18.4 Å². The predicted octanol–water partition coefficient (Wildman–Crippen LogP) is 0.410. The van der Waals surface area contributed by atoms with Crippen LogP contribution in [0.4, 0.5) is 5.69 Å². The Bertz CT molecular complexity index is 686. The van der Waals surface area contributed by atoms with E-state index in [2.05, 4.69) is 15.6 Å². The van der Waals surface area contributed by atoms with E-state index in [0.717, 1.165) is 5.69 Å². The van der Waals surface area contributed by atoms with Gasteiger partial charge in [0.2, 0.25) is 11.8 Å². The molecular formula is C14H15N5O3. The predicted molar refractivity (Wildman–Crippen MR) is 77.8 cm³/mol.